The van der Waals surface area contributed by atoms with Crippen molar-refractivity contribution in [3.05, 3.63) is 24.4 Å². The first kappa shape index (κ1) is 19.1. The van der Waals surface area contributed by atoms with Crippen molar-refractivity contribution < 1.29 is 14.7 Å². The zero-order valence-corrected chi connectivity index (χ0v) is 15.5. The molecule has 0 bridgehead atoms. The molecule has 0 aliphatic carbocycles. The number of hydrogen-bond acceptors (Lipinski definition) is 6. The van der Waals surface area contributed by atoms with E-state index in [-0.39, 0.29) is 11.9 Å². The van der Waals surface area contributed by atoms with Crippen LogP contribution in [0.25, 0.3) is 0 Å². The summed E-state index contributed by atoms with van der Waals surface area (Å²) in [6.07, 6.45) is 1.72. The quantitative estimate of drug-likeness (QED) is 0.711. The second kappa shape index (κ2) is 9.29. The van der Waals surface area contributed by atoms with Crippen molar-refractivity contribution in [1.29, 1.82) is 0 Å². The molecule has 0 radical (unpaired) electrons. The van der Waals surface area contributed by atoms with Crippen molar-refractivity contribution in [3.8, 4) is 0 Å². The summed E-state index contributed by atoms with van der Waals surface area (Å²) in [6, 6.07) is 5.73. The number of carbonyl (C=O) groups excluding carboxylic acids is 1. The van der Waals surface area contributed by atoms with Crippen LogP contribution < -0.4 is 5.32 Å². The molecular formula is C16H23N3O3S2. The van der Waals surface area contributed by atoms with Gasteiger partial charge in [-0.15, -0.1) is 0 Å². The Kier molecular flexibility index (Phi) is 7.39. The van der Waals surface area contributed by atoms with Crippen LogP contribution in [0.1, 0.15) is 13.8 Å². The second-order valence-electron chi connectivity index (χ2n) is 5.85. The van der Waals surface area contributed by atoms with Gasteiger partial charge >= 0.3 is 5.97 Å². The molecule has 2 heterocycles. The van der Waals surface area contributed by atoms with E-state index >= 15 is 0 Å². The first-order chi connectivity index (χ1) is 11.5. The number of pyridine rings is 1. The highest BCUT2D eigenvalue weighted by Crippen LogP contribution is 2.33. The van der Waals surface area contributed by atoms with Gasteiger partial charge in [-0.3, -0.25) is 9.59 Å². The minimum absolute atomic E-state index is 0.0620. The third-order valence-electron chi connectivity index (χ3n) is 4.12. The van der Waals surface area contributed by atoms with Crippen molar-refractivity contribution in [2.75, 3.05) is 25.4 Å². The largest absolute Gasteiger partial charge is 0.481 e. The van der Waals surface area contributed by atoms with Gasteiger partial charge in [0.1, 0.15) is 5.03 Å². The molecule has 132 valence electrons. The normalized spacial score (nSPS) is 20.4. The summed E-state index contributed by atoms with van der Waals surface area (Å²) < 4.78 is 0. The first-order valence-electron chi connectivity index (χ1n) is 7.95. The van der Waals surface area contributed by atoms with Crippen LogP contribution in [0, 0.1) is 11.8 Å². The number of amides is 1. The molecule has 1 aromatic rings. The monoisotopic (exact) mass is 369 g/mol. The number of carboxylic acid groups (broad SMARTS) is 1. The van der Waals surface area contributed by atoms with E-state index in [0.29, 0.717) is 12.3 Å². The minimum atomic E-state index is -0.931. The Labute approximate surface area is 150 Å². The molecule has 1 amide bonds. The van der Waals surface area contributed by atoms with Crippen LogP contribution in [0.15, 0.2) is 29.4 Å². The van der Waals surface area contributed by atoms with Gasteiger partial charge in [0.2, 0.25) is 5.91 Å². The Bertz CT molecular complexity index is 559. The Balaban J connectivity index is 2.01. The van der Waals surface area contributed by atoms with Crippen LogP contribution >= 0.6 is 21.6 Å². The van der Waals surface area contributed by atoms with Crippen molar-refractivity contribution in [2.45, 2.75) is 24.9 Å². The van der Waals surface area contributed by atoms with Gasteiger partial charge in [-0.2, -0.15) is 0 Å². The highest BCUT2D eigenvalue weighted by atomic mass is 33.1. The van der Waals surface area contributed by atoms with E-state index in [0.717, 1.165) is 18.1 Å². The van der Waals surface area contributed by atoms with Crippen LogP contribution in [0.3, 0.4) is 0 Å². The smallest absolute Gasteiger partial charge is 0.307 e. The number of piperazine rings is 1. The van der Waals surface area contributed by atoms with Gasteiger partial charge in [0.15, 0.2) is 0 Å². The van der Waals surface area contributed by atoms with Crippen molar-refractivity contribution >= 4 is 33.5 Å². The number of nitrogens with one attached hydrogen (secondary N) is 1. The van der Waals surface area contributed by atoms with Crippen LogP contribution in [0.4, 0.5) is 0 Å². The summed E-state index contributed by atoms with van der Waals surface area (Å²) in [5.41, 5.74) is 0. The van der Waals surface area contributed by atoms with Crippen molar-refractivity contribution in [3.63, 3.8) is 0 Å². The number of aliphatic carboxylic acids is 1. The standard InChI is InChI=1S/C16H23N3O3S2/c1-11-9-17-7-8-19(11)15(20)13(12(2)16(21)22)10-23-24-14-5-3-4-6-18-14/h3-6,11-13,17H,7-10H2,1-2H3,(H,21,22). The van der Waals surface area contributed by atoms with E-state index in [1.54, 1.807) is 13.1 Å². The predicted molar refractivity (Wildman–Crippen MR) is 96.9 cm³/mol. The topological polar surface area (TPSA) is 82.5 Å². The van der Waals surface area contributed by atoms with E-state index in [4.69, 9.17) is 0 Å². The van der Waals surface area contributed by atoms with E-state index < -0.39 is 17.8 Å². The van der Waals surface area contributed by atoms with Crippen LogP contribution in [-0.4, -0.2) is 58.3 Å². The molecule has 0 saturated carbocycles. The van der Waals surface area contributed by atoms with Gasteiger partial charge in [0.05, 0.1) is 11.8 Å². The van der Waals surface area contributed by atoms with Crippen LogP contribution in [0.5, 0.6) is 0 Å². The van der Waals surface area contributed by atoms with E-state index in [1.165, 1.54) is 21.6 Å². The average molecular weight is 370 g/mol. The predicted octanol–water partition coefficient (Wildman–Crippen LogP) is 1.98. The molecule has 6 nitrogen and oxygen atoms in total. The summed E-state index contributed by atoms with van der Waals surface area (Å²) >= 11 is 0. The lowest BCUT2D eigenvalue weighted by Gasteiger charge is -2.37. The summed E-state index contributed by atoms with van der Waals surface area (Å²) in [5.74, 6) is -1.79. The lowest BCUT2D eigenvalue weighted by atomic mass is 9.93. The van der Waals surface area contributed by atoms with Crippen LogP contribution in [0.2, 0.25) is 0 Å². The number of hydrogen-bond donors (Lipinski definition) is 2. The number of carbonyl (C=O) groups is 2. The number of rotatable bonds is 7. The number of nitrogens with zero attached hydrogens (tertiary/aromatic N) is 2. The molecule has 1 aliphatic heterocycles. The van der Waals surface area contributed by atoms with Gasteiger partial charge in [0.25, 0.3) is 0 Å². The second-order valence-corrected chi connectivity index (χ2v) is 8.22. The average Bonchev–Trinajstić information content (AvgIpc) is 2.59. The fraction of sp³-hybridized carbons (Fsp3) is 0.562. The molecular weight excluding hydrogens is 346 g/mol. The Morgan fingerprint density at radius 1 is 1.50 bits per heavy atom. The van der Waals surface area contributed by atoms with Crippen molar-refractivity contribution in [1.82, 2.24) is 15.2 Å². The van der Waals surface area contributed by atoms with Gasteiger partial charge in [-0.05, 0) is 29.9 Å². The number of aromatic nitrogens is 1. The Hall–Kier alpha value is -1.25. The Morgan fingerprint density at radius 3 is 2.92 bits per heavy atom. The maximum absolute atomic E-state index is 12.9. The molecule has 1 saturated heterocycles. The SMILES string of the molecule is CC(C(=O)O)C(CSSc1ccccn1)C(=O)N1CCNCC1C. The summed E-state index contributed by atoms with van der Waals surface area (Å²) in [5, 5.41) is 13.5. The lowest BCUT2D eigenvalue weighted by molar-refractivity contribution is -0.150. The van der Waals surface area contributed by atoms with Crippen molar-refractivity contribution in [2.24, 2.45) is 11.8 Å². The number of carboxylic acids is 1. The van der Waals surface area contributed by atoms with E-state index in [9.17, 15) is 14.7 Å². The molecule has 24 heavy (non-hydrogen) atoms. The van der Waals surface area contributed by atoms with Crippen LogP contribution in [-0.2, 0) is 9.59 Å². The third kappa shape index (κ3) is 5.12. The highest BCUT2D eigenvalue weighted by molar-refractivity contribution is 8.76. The molecule has 0 spiro atoms. The zero-order valence-electron chi connectivity index (χ0n) is 13.8. The summed E-state index contributed by atoms with van der Waals surface area (Å²) in [6.45, 7) is 5.73. The maximum atomic E-state index is 12.9. The minimum Gasteiger partial charge on any atom is -0.481 e. The highest BCUT2D eigenvalue weighted by Gasteiger charge is 2.35. The molecule has 8 heteroatoms. The lowest BCUT2D eigenvalue weighted by Crippen LogP contribution is -2.55. The van der Waals surface area contributed by atoms with Gasteiger partial charge in [-0.1, -0.05) is 23.8 Å². The fourth-order valence-corrected chi connectivity index (χ4v) is 4.85. The fourth-order valence-electron chi connectivity index (χ4n) is 2.55. The molecule has 2 rings (SSSR count). The first-order valence-corrected chi connectivity index (χ1v) is 10.3. The van der Waals surface area contributed by atoms with Gasteiger partial charge in [-0.25, -0.2) is 4.98 Å². The zero-order chi connectivity index (χ0) is 17.5. The third-order valence-corrected chi connectivity index (χ3v) is 6.42. The summed E-state index contributed by atoms with van der Waals surface area (Å²) in [4.78, 5) is 30.4. The van der Waals surface area contributed by atoms with Gasteiger partial charge < -0.3 is 15.3 Å². The molecule has 3 unspecified atom stereocenters. The van der Waals surface area contributed by atoms with Gasteiger partial charge in [0, 0.05) is 37.6 Å². The molecule has 3 atom stereocenters. The molecule has 1 fully saturated rings. The molecule has 1 aromatic heterocycles. The molecule has 0 aromatic carbocycles. The maximum Gasteiger partial charge on any atom is 0.307 e. The van der Waals surface area contributed by atoms with E-state index in [1.807, 2.05) is 30.0 Å². The Morgan fingerprint density at radius 2 is 2.29 bits per heavy atom. The van der Waals surface area contributed by atoms with E-state index in [2.05, 4.69) is 10.3 Å². The summed E-state index contributed by atoms with van der Waals surface area (Å²) in [7, 11) is 2.95. The molecule has 2 N–H and O–H groups in total. The molecule has 1 aliphatic rings.